The molecular weight excluding hydrogens is 404 g/mol. The zero-order valence-corrected chi connectivity index (χ0v) is 18.3. The van der Waals surface area contributed by atoms with Gasteiger partial charge in [-0.3, -0.25) is 4.57 Å². The number of hydrogen-bond acceptors (Lipinski definition) is 6. The van der Waals surface area contributed by atoms with Gasteiger partial charge in [-0.15, -0.1) is 0 Å². The summed E-state index contributed by atoms with van der Waals surface area (Å²) in [5.74, 6) is 0.427. The van der Waals surface area contributed by atoms with Gasteiger partial charge in [0.25, 0.3) is 0 Å². The van der Waals surface area contributed by atoms with Crippen molar-refractivity contribution in [2.24, 2.45) is 0 Å². The Labute approximate surface area is 186 Å². The van der Waals surface area contributed by atoms with Crippen LogP contribution in [-0.2, 0) is 4.74 Å². The Hall–Kier alpha value is -3.61. The molecule has 1 aliphatic rings. The maximum absolute atomic E-state index is 13.3. The van der Waals surface area contributed by atoms with Gasteiger partial charge in [0.2, 0.25) is 0 Å². The number of aromatic nitrogens is 3. The minimum absolute atomic E-state index is 0.0871. The predicted molar refractivity (Wildman–Crippen MR) is 124 cm³/mol. The highest BCUT2D eigenvalue weighted by Crippen LogP contribution is 2.36. The molecule has 0 atom stereocenters. The van der Waals surface area contributed by atoms with Gasteiger partial charge in [-0.25, -0.2) is 14.8 Å². The van der Waals surface area contributed by atoms with E-state index in [0.717, 1.165) is 36.8 Å². The van der Waals surface area contributed by atoms with Crippen LogP contribution in [0.5, 0.6) is 5.75 Å². The van der Waals surface area contributed by atoms with Crippen LogP contribution in [0.1, 0.15) is 48.0 Å². The lowest BCUT2D eigenvalue weighted by molar-refractivity contribution is 0.0214. The van der Waals surface area contributed by atoms with Gasteiger partial charge in [-0.05, 0) is 62.4 Å². The standard InChI is InChI=1S/C25H26N4O3/c1-15-12-13-20(31-2)19(14-15)29-23(26)21(25(30)32-16-8-4-3-5-9-16)22-24(29)28-18-11-7-6-10-17(18)27-22/h6-7,10-14,16H,3-5,8-9,26H2,1-2H3. The quantitative estimate of drug-likeness (QED) is 0.460. The molecule has 0 bridgehead atoms. The minimum atomic E-state index is -0.450. The summed E-state index contributed by atoms with van der Waals surface area (Å²) in [5.41, 5.74) is 11.0. The lowest BCUT2D eigenvalue weighted by Crippen LogP contribution is -2.21. The summed E-state index contributed by atoms with van der Waals surface area (Å²) in [6.45, 7) is 1.99. The number of methoxy groups -OCH3 is 1. The molecule has 2 aromatic carbocycles. The highest BCUT2D eigenvalue weighted by molar-refractivity contribution is 6.09. The summed E-state index contributed by atoms with van der Waals surface area (Å²) < 4.78 is 13.2. The first kappa shape index (κ1) is 20.3. The van der Waals surface area contributed by atoms with Gasteiger partial charge < -0.3 is 15.2 Å². The number of benzene rings is 2. The number of fused-ring (bicyclic) bond motifs is 2. The van der Waals surface area contributed by atoms with Crippen LogP contribution in [0.15, 0.2) is 42.5 Å². The highest BCUT2D eigenvalue weighted by Gasteiger charge is 2.29. The second kappa shape index (κ2) is 8.15. The third-order valence-electron chi connectivity index (χ3n) is 6.10. The number of nitrogen functional groups attached to an aromatic ring is 1. The normalized spacial score (nSPS) is 14.7. The van der Waals surface area contributed by atoms with E-state index in [-0.39, 0.29) is 17.5 Å². The van der Waals surface area contributed by atoms with E-state index < -0.39 is 5.97 Å². The molecule has 1 aliphatic carbocycles. The number of aryl methyl sites for hydroxylation is 1. The van der Waals surface area contributed by atoms with E-state index in [1.807, 2.05) is 49.4 Å². The fourth-order valence-corrected chi connectivity index (χ4v) is 4.47. The van der Waals surface area contributed by atoms with Gasteiger partial charge in [-0.1, -0.05) is 24.6 Å². The molecule has 0 unspecified atom stereocenters. The number of ether oxygens (including phenoxy) is 2. The van der Waals surface area contributed by atoms with E-state index in [4.69, 9.17) is 25.2 Å². The summed E-state index contributed by atoms with van der Waals surface area (Å²) >= 11 is 0. The van der Waals surface area contributed by atoms with E-state index in [2.05, 4.69) is 0 Å². The predicted octanol–water partition coefficient (Wildman–Crippen LogP) is 4.96. The molecule has 0 saturated heterocycles. The second-order valence-electron chi connectivity index (χ2n) is 8.32. The van der Waals surface area contributed by atoms with Gasteiger partial charge in [0, 0.05) is 0 Å². The number of nitrogens with zero attached hydrogens (tertiary/aromatic N) is 3. The SMILES string of the molecule is COc1ccc(C)cc1-n1c(N)c(C(=O)OC2CCCCC2)c2nc3ccccc3nc21. The summed E-state index contributed by atoms with van der Waals surface area (Å²) in [6.07, 6.45) is 4.99. The number of hydrogen-bond donors (Lipinski definition) is 1. The summed E-state index contributed by atoms with van der Waals surface area (Å²) in [5, 5.41) is 0. The van der Waals surface area contributed by atoms with Gasteiger partial charge >= 0.3 is 5.97 Å². The maximum atomic E-state index is 13.3. The first-order valence-corrected chi connectivity index (χ1v) is 11.0. The monoisotopic (exact) mass is 430 g/mol. The first-order valence-electron chi connectivity index (χ1n) is 11.0. The third kappa shape index (κ3) is 3.43. The highest BCUT2D eigenvalue weighted by atomic mass is 16.5. The van der Waals surface area contributed by atoms with Crippen LogP contribution in [0, 0.1) is 6.92 Å². The Morgan fingerprint density at radius 2 is 1.78 bits per heavy atom. The van der Waals surface area contributed by atoms with Crippen LogP contribution >= 0.6 is 0 Å². The van der Waals surface area contributed by atoms with Crippen molar-refractivity contribution in [3.8, 4) is 11.4 Å². The van der Waals surface area contributed by atoms with Crippen LogP contribution in [0.25, 0.3) is 27.9 Å². The number of rotatable bonds is 4. The topological polar surface area (TPSA) is 92.3 Å². The smallest absolute Gasteiger partial charge is 0.344 e. The van der Waals surface area contributed by atoms with E-state index in [0.29, 0.717) is 28.1 Å². The lowest BCUT2D eigenvalue weighted by Gasteiger charge is -2.21. The van der Waals surface area contributed by atoms with Crippen LogP contribution in [-0.4, -0.2) is 33.7 Å². The Morgan fingerprint density at radius 3 is 2.50 bits per heavy atom. The Morgan fingerprint density at radius 1 is 1.06 bits per heavy atom. The number of nitrogens with two attached hydrogens (primary N) is 1. The van der Waals surface area contributed by atoms with Crippen molar-refractivity contribution in [3.05, 3.63) is 53.6 Å². The number of carbonyl (C=O) groups excluding carboxylic acids is 1. The van der Waals surface area contributed by atoms with Gasteiger partial charge in [0.1, 0.15) is 28.8 Å². The van der Waals surface area contributed by atoms with Crippen molar-refractivity contribution in [1.82, 2.24) is 14.5 Å². The zero-order valence-electron chi connectivity index (χ0n) is 18.3. The molecule has 2 heterocycles. The molecule has 0 aliphatic heterocycles. The Balaban J connectivity index is 1.75. The molecule has 164 valence electrons. The molecule has 1 saturated carbocycles. The molecule has 32 heavy (non-hydrogen) atoms. The first-order chi connectivity index (χ1) is 15.6. The molecule has 7 nitrogen and oxygen atoms in total. The molecule has 2 aromatic heterocycles. The number of carbonyl (C=O) groups is 1. The van der Waals surface area contributed by atoms with Crippen LogP contribution in [0.2, 0.25) is 0 Å². The molecular formula is C25H26N4O3. The molecule has 5 rings (SSSR count). The number of esters is 1. The van der Waals surface area contributed by atoms with Crippen molar-refractivity contribution >= 4 is 34.0 Å². The van der Waals surface area contributed by atoms with Crippen molar-refractivity contribution in [2.75, 3.05) is 12.8 Å². The lowest BCUT2D eigenvalue weighted by atomic mass is 9.98. The third-order valence-corrected chi connectivity index (χ3v) is 6.10. The molecule has 0 amide bonds. The van der Waals surface area contributed by atoms with E-state index in [1.165, 1.54) is 6.42 Å². The fourth-order valence-electron chi connectivity index (χ4n) is 4.47. The molecule has 0 radical (unpaired) electrons. The van der Waals surface area contributed by atoms with E-state index in [1.54, 1.807) is 11.7 Å². The van der Waals surface area contributed by atoms with Crippen molar-refractivity contribution in [3.63, 3.8) is 0 Å². The van der Waals surface area contributed by atoms with Crippen LogP contribution < -0.4 is 10.5 Å². The molecule has 1 fully saturated rings. The van der Waals surface area contributed by atoms with Crippen molar-refractivity contribution < 1.29 is 14.3 Å². The van der Waals surface area contributed by atoms with Crippen LogP contribution in [0.4, 0.5) is 5.82 Å². The molecule has 7 heteroatoms. The van der Waals surface area contributed by atoms with Crippen molar-refractivity contribution in [2.45, 2.75) is 45.1 Å². The molecule has 4 aromatic rings. The Bertz CT molecular complexity index is 1320. The largest absolute Gasteiger partial charge is 0.495 e. The van der Waals surface area contributed by atoms with Gasteiger partial charge in [0.15, 0.2) is 5.65 Å². The van der Waals surface area contributed by atoms with Gasteiger partial charge in [-0.2, -0.15) is 0 Å². The summed E-state index contributed by atoms with van der Waals surface area (Å²) in [6, 6.07) is 13.4. The summed E-state index contributed by atoms with van der Waals surface area (Å²) in [4.78, 5) is 22.9. The van der Waals surface area contributed by atoms with E-state index in [9.17, 15) is 4.79 Å². The fraction of sp³-hybridized carbons (Fsp3) is 0.320. The molecule has 2 N–H and O–H groups in total. The average Bonchev–Trinajstić information content (AvgIpc) is 3.08. The minimum Gasteiger partial charge on any atom is -0.495 e. The number of para-hydroxylation sites is 2. The van der Waals surface area contributed by atoms with Gasteiger partial charge in [0.05, 0.1) is 23.8 Å². The van der Waals surface area contributed by atoms with E-state index >= 15 is 0 Å². The second-order valence-corrected chi connectivity index (χ2v) is 8.32. The maximum Gasteiger partial charge on any atom is 0.344 e. The Kier molecular flexibility index (Phi) is 5.17. The van der Waals surface area contributed by atoms with Crippen molar-refractivity contribution in [1.29, 1.82) is 0 Å². The van der Waals surface area contributed by atoms with Crippen LogP contribution in [0.3, 0.4) is 0 Å². The summed E-state index contributed by atoms with van der Waals surface area (Å²) in [7, 11) is 1.61. The number of anilines is 1. The molecule has 0 spiro atoms. The zero-order chi connectivity index (χ0) is 22.2. The average molecular weight is 431 g/mol.